The lowest BCUT2D eigenvalue weighted by molar-refractivity contribution is -0.195. The number of aliphatic carboxylic acids is 1. The van der Waals surface area contributed by atoms with Crippen LogP contribution in [0.25, 0.3) is 0 Å². The van der Waals surface area contributed by atoms with Crippen LogP contribution in [0.2, 0.25) is 0 Å². The second-order valence-electron chi connectivity index (χ2n) is 8.41. The Morgan fingerprint density at radius 1 is 1.32 bits per heavy atom. The fourth-order valence-corrected chi connectivity index (χ4v) is 3.78. The Bertz CT molecular complexity index is 882. The van der Waals surface area contributed by atoms with Crippen molar-refractivity contribution in [2.75, 3.05) is 31.5 Å². The molecule has 12 heteroatoms. The van der Waals surface area contributed by atoms with E-state index in [2.05, 4.69) is 10.6 Å². The van der Waals surface area contributed by atoms with Gasteiger partial charge in [-0.3, -0.25) is 4.79 Å². The standard InChI is InChI=1S/C22H32N4O8/c1-13-11-26(7-6-24-13)22(31)32-12-14-2-3-17(16(8-14)25-19(28)4-5-23)33-20-10-15(27)9-18(34-20)21(29)30/h2-3,8,13,15,18,20,24,27H,4-7,9-12,23H2,1H3,(H,25,28)(H,29,30)/t13-,15-,18-,20+/m0/s1. The summed E-state index contributed by atoms with van der Waals surface area (Å²) in [7, 11) is 0. The predicted octanol–water partition coefficient (Wildman–Crippen LogP) is 0.234. The number of hydrogen-bond acceptors (Lipinski definition) is 9. The van der Waals surface area contributed by atoms with E-state index in [1.165, 1.54) is 0 Å². The molecule has 2 aliphatic heterocycles. The SMILES string of the molecule is C[C@H]1CN(C(=O)OCc2ccc(O[C@H]3C[C@@H](O)C[C@@H](C(=O)O)O3)c(NC(=O)CCN)c2)CCN1. The van der Waals surface area contributed by atoms with E-state index in [0.29, 0.717) is 30.9 Å². The van der Waals surface area contributed by atoms with E-state index in [0.717, 1.165) is 0 Å². The number of amides is 2. The van der Waals surface area contributed by atoms with Gasteiger partial charge in [0, 0.05) is 51.5 Å². The smallest absolute Gasteiger partial charge is 0.410 e. The number of anilines is 1. The first-order chi connectivity index (χ1) is 16.2. The molecule has 3 rings (SSSR count). The van der Waals surface area contributed by atoms with Crippen LogP contribution < -0.4 is 21.1 Å². The van der Waals surface area contributed by atoms with E-state index in [1.807, 2.05) is 6.92 Å². The summed E-state index contributed by atoms with van der Waals surface area (Å²) >= 11 is 0. The van der Waals surface area contributed by atoms with Gasteiger partial charge in [0.1, 0.15) is 12.4 Å². The molecule has 188 valence electrons. The van der Waals surface area contributed by atoms with Crippen molar-refractivity contribution in [3.8, 4) is 5.75 Å². The maximum Gasteiger partial charge on any atom is 0.410 e. The van der Waals surface area contributed by atoms with Crippen molar-refractivity contribution >= 4 is 23.7 Å². The molecule has 0 aliphatic carbocycles. The number of nitrogens with two attached hydrogens (primary N) is 1. The summed E-state index contributed by atoms with van der Waals surface area (Å²) in [6.07, 6.45) is -3.43. The van der Waals surface area contributed by atoms with Crippen molar-refractivity contribution in [3.63, 3.8) is 0 Å². The topological polar surface area (TPSA) is 173 Å². The first kappa shape index (κ1) is 25.7. The number of aliphatic hydroxyl groups excluding tert-OH is 1. The third kappa shape index (κ3) is 7.29. The maximum atomic E-state index is 12.4. The van der Waals surface area contributed by atoms with Gasteiger partial charge in [0.05, 0.1) is 11.8 Å². The van der Waals surface area contributed by atoms with Crippen LogP contribution in [0, 0.1) is 0 Å². The fraction of sp³-hybridized carbons (Fsp3) is 0.591. The molecule has 6 N–H and O–H groups in total. The first-order valence-corrected chi connectivity index (χ1v) is 11.3. The molecule has 2 fully saturated rings. The van der Waals surface area contributed by atoms with E-state index >= 15 is 0 Å². The molecular weight excluding hydrogens is 448 g/mol. The zero-order valence-electron chi connectivity index (χ0n) is 19.1. The minimum absolute atomic E-state index is 0.0170. The molecule has 0 unspecified atom stereocenters. The Balaban J connectivity index is 1.70. The average Bonchev–Trinajstić information content (AvgIpc) is 2.78. The van der Waals surface area contributed by atoms with Crippen LogP contribution in [0.1, 0.15) is 31.7 Å². The number of nitrogens with zero attached hydrogens (tertiary/aromatic N) is 1. The summed E-state index contributed by atoms with van der Waals surface area (Å²) in [5.74, 6) is -1.32. The Hall–Kier alpha value is -2.93. The van der Waals surface area contributed by atoms with Crippen LogP contribution in [0.4, 0.5) is 10.5 Å². The largest absolute Gasteiger partial charge is 0.479 e. The second-order valence-corrected chi connectivity index (χ2v) is 8.41. The number of piperazine rings is 1. The molecule has 2 aliphatic rings. The Morgan fingerprint density at radius 2 is 2.12 bits per heavy atom. The van der Waals surface area contributed by atoms with Crippen LogP contribution >= 0.6 is 0 Å². The molecular formula is C22H32N4O8. The van der Waals surface area contributed by atoms with Crippen molar-refractivity contribution in [1.82, 2.24) is 10.2 Å². The molecule has 0 bridgehead atoms. The van der Waals surface area contributed by atoms with Crippen molar-refractivity contribution in [1.29, 1.82) is 0 Å². The number of nitrogens with one attached hydrogen (secondary N) is 2. The van der Waals surface area contributed by atoms with Gasteiger partial charge in [-0.15, -0.1) is 0 Å². The van der Waals surface area contributed by atoms with Crippen molar-refractivity contribution in [2.45, 2.75) is 57.3 Å². The third-order valence-corrected chi connectivity index (χ3v) is 5.48. The van der Waals surface area contributed by atoms with Gasteiger partial charge in [-0.1, -0.05) is 6.07 Å². The summed E-state index contributed by atoms with van der Waals surface area (Å²) in [6, 6.07) is 5.01. The molecule has 4 atom stereocenters. The summed E-state index contributed by atoms with van der Waals surface area (Å²) in [6.45, 7) is 3.93. The number of ether oxygens (including phenoxy) is 3. The molecule has 2 heterocycles. The second kappa shape index (κ2) is 12.0. The van der Waals surface area contributed by atoms with E-state index in [1.54, 1.807) is 23.1 Å². The number of rotatable bonds is 8. The highest BCUT2D eigenvalue weighted by Crippen LogP contribution is 2.30. The summed E-state index contributed by atoms with van der Waals surface area (Å²) in [4.78, 5) is 37.5. The number of aliphatic hydroxyl groups is 1. The molecule has 1 aromatic carbocycles. The number of carboxylic acids is 1. The van der Waals surface area contributed by atoms with E-state index in [9.17, 15) is 24.6 Å². The quantitative estimate of drug-likeness (QED) is 0.347. The summed E-state index contributed by atoms with van der Waals surface area (Å²) in [5, 5.41) is 25.2. The normalized spacial score (nSPS) is 24.9. The molecule has 12 nitrogen and oxygen atoms in total. The van der Waals surface area contributed by atoms with Crippen molar-refractivity contribution in [2.24, 2.45) is 5.73 Å². The van der Waals surface area contributed by atoms with E-state index in [-0.39, 0.29) is 50.1 Å². The average molecular weight is 481 g/mol. The van der Waals surface area contributed by atoms with Crippen LogP contribution in [-0.2, 0) is 25.7 Å². The summed E-state index contributed by atoms with van der Waals surface area (Å²) in [5.41, 5.74) is 6.36. The molecule has 2 saturated heterocycles. The van der Waals surface area contributed by atoms with E-state index < -0.39 is 30.6 Å². The van der Waals surface area contributed by atoms with Crippen LogP contribution in [0.5, 0.6) is 5.75 Å². The van der Waals surface area contributed by atoms with Gasteiger partial charge in [-0.25, -0.2) is 9.59 Å². The Kier molecular flexibility index (Phi) is 9.05. The Morgan fingerprint density at radius 3 is 2.82 bits per heavy atom. The zero-order chi connectivity index (χ0) is 24.7. The van der Waals surface area contributed by atoms with Crippen LogP contribution in [-0.4, -0.2) is 83.8 Å². The predicted molar refractivity (Wildman–Crippen MR) is 120 cm³/mol. The lowest BCUT2D eigenvalue weighted by atomic mass is 10.1. The lowest BCUT2D eigenvalue weighted by Crippen LogP contribution is -2.51. The number of hydrogen-bond donors (Lipinski definition) is 5. The first-order valence-electron chi connectivity index (χ1n) is 11.3. The third-order valence-electron chi connectivity index (χ3n) is 5.48. The zero-order valence-corrected chi connectivity index (χ0v) is 19.1. The van der Waals surface area contributed by atoms with Crippen LogP contribution in [0.15, 0.2) is 18.2 Å². The van der Waals surface area contributed by atoms with Crippen molar-refractivity contribution in [3.05, 3.63) is 23.8 Å². The highest BCUT2D eigenvalue weighted by atomic mass is 16.7. The monoisotopic (exact) mass is 480 g/mol. The molecule has 0 radical (unpaired) electrons. The van der Waals surface area contributed by atoms with E-state index in [4.69, 9.17) is 19.9 Å². The molecule has 34 heavy (non-hydrogen) atoms. The molecule has 0 aromatic heterocycles. The van der Waals surface area contributed by atoms with Gasteiger partial charge in [0.2, 0.25) is 12.2 Å². The number of carbonyl (C=O) groups excluding carboxylic acids is 2. The van der Waals surface area contributed by atoms with Gasteiger partial charge < -0.3 is 45.7 Å². The number of carbonyl (C=O) groups is 3. The van der Waals surface area contributed by atoms with Crippen molar-refractivity contribution < 1.29 is 38.8 Å². The highest BCUT2D eigenvalue weighted by Gasteiger charge is 2.34. The minimum atomic E-state index is -1.20. The minimum Gasteiger partial charge on any atom is -0.479 e. The highest BCUT2D eigenvalue weighted by molar-refractivity contribution is 5.92. The maximum absolute atomic E-state index is 12.4. The van der Waals surface area contributed by atoms with Gasteiger partial charge in [-0.05, 0) is 24.6 Å². The van der Waals surface area contributed by atoms with Crippen LogP contribution in [0.3, 0.4) is 0 Å². The number of carboxylic acid groups (broad SMARTS) is 1. The van der Waals surface area contributed by atoms with Gasteiger partial charge in [0.25, 0.3) is 0 Å². The molecule has 0 saturated carbocycles. The molecule has 1 aromatic rings. The summed E-state index contributed by atoms with van der Waals surface area (Å²) < 4.78 is 16.6. The molecule has 0 spiro atoms. The van der Waals surface area contributed by atoms with Gasteiger partial charge in [0.15, 0.2) is 6.10 Å². The number of benzene rings is 1. The van der Waals surface area contributed by atoms with Gasteiger partial charge >= 0.3 is 12.1 Å². The lowest BCUT2D eigenvalue weighted by Gasteiger charge is -2.31. The van der Waals surface area contributed by atoms with Gasteiger partial charge in [-0.2, -0.15) is 0 Å². The molecule has 2 amide bonds. The fourth-order valence-electron chi connectivity index (χ4n) is 3.78. The Labute approximate surface area is 197 Å².